The highest BCUT2D eigenvalue weighted by atomic mass is 35.5. The highest BCUT2D eigenvalue weighted by Crippen LogP contribution is 2.45. The average molecular weight is 522 g/mol. The number of rotatable bonds is 7. The zero-order chi connectivity index (χ0) is 26.9. The smallest absolute Gasteiger partial charge is 0.300 e. The van der Waals surface area contributed by atoms with E-state index in [-0.39, 0.29) is 21.9 Å². The van der Waals surface area contributed by atoms with Gasteiger partial charge >= 0.3 is 0 Å². The molecule has 1 atom stereocenters. The maximum absolute atomic E-state index is 13.5. The lowest BCUT2D eigenvalue weighted by Gasteiger charge is -2.27. The van der Waals surface area contributed by atoms with Crippen LogP contribution >= 0.6 is 11.6 Å². The summed E-state index contributed by atoms with van der Waals surface area (Å²) in [5, 5.41) is 11.7. The van der Waals surface area contributed by atoms with Crippen LogP contribution in [0.5, 0.6) is 17.2 Å². The SMILES string of the molecule is CCOc1cc(C2/C(=C(\O)c3ccc(OC)c(Cl)c3)C(=O)C(=O)N2c2ccc(C)cc2C)ccc1OC. The molecular weight excluding hydrogens is 494 g/mol. The highest BCUT2D eigenvalue weighted by Gasteiger charge is 2.47. The van der Waals surface area contributed by atoms with Crippen LogP contribution in [0.15, 0.2) is 60.2 Å². The summed E-state index contributed by atoms with van der Waals surface area (Å²) in [4.78, 5) is 28.4. The minimum Gasteiger partial charge on any atom is -0.507 e. The molecule has 1 amide bonds. The molecule has 0 spiro atoms. The Morgan fingerprint density at radius 2 is 1.65 bits per heavy atom. The van der Waals surface area contributed by atoms with Gasteiger partial charge in [-0.15, -0.1) is 0 Å². The number of aliphatic hydroxyl groups excluding tert-OH is 1. The molecule has 0 radical (unpaired) electrons. The van der Waals surface area contributed by atoms with Gasteiger partial charge in [-0.25, -0.2) is 0 Å². The summed E-state index contributed by atoms with van der Waals surface area (Å²) in [7, 11) is 3.02. The van der Waals surface area contributed by atoms with E-state index in [1.807, 2.05) is 32.9 Å². The number of hydrogen-bond donors (Lipinski definition) is 1. The van der Waals surface area contributed by atoms with E-state index in [0.717, 1.165) is 11.1 Å². The number of nitrogens with zero attached hydrogens (tertiary/aromatic N) is 1. The Bertz CT molecular complexity index is 1410. The quantitative estimate of drug-likeness (QED) is 0.233. The molecular formula is C29H28ClNO6. The zero-order valence-electron chi connectivity index (χ0n) is 21.3. The molecule has 192 valence electrons. The number of Topliss-reactive ketones (excluding diaryl/α,β-unsaturated/α-hetero) is 1. The van der Waals surface area contributed by atoms with Gasteiger partial charge in [0.05, 0.1) is 37.5 Å². The number of carbonyl (C=O) groups excluding carboxylic acids is 2. The monoisotopic (exact) mass is 521 g/mol. The number of aliphatic hydroxyl groups is 1. The number of ether oxygens (including phenoxy) is 3. The Balaban J connectivity index is 1.98. The molecule has 8 heteroatoms. The molecule has 0 saturated carbocycles. The molecule has 1 unspecified atom stereocenters. The van der Waals surface area contributed by atoms with Crippen molar-refractivity contribution in [1.29, 1.82) is 0 Å². The van der Waals surface area contributed by atoms with Crippen LogP contribution in [0.1, 0.15) is 35.2 Å². The molecule has 0 bridgehead atoms. The fourth-order valence-corrected chi connectivity index (χ4v) is 4.83. The lowest BCUT2D eigenvalue weighted by Crippen LogP contribution is -2.30. The van der Waals surface area contributed by atoms with Gasteiger partial charge in [0, 0.05) is 11.3 Å². The minimum atomic E-state index is -0.924. The van der Waals surface area contributed by atoms with Gasteiger partial charge in [0.1, 0.15) is 11.5 Å². The summed E-state index contributed by atoms with van der Waals surface area (Å²) < 4.78 is 16.4. The van der Waals surface area contributed by atoms with Crippen molar-refractivity contribution in [2.24, 2.45) is 0 Å². The van der Waals surface area contributed by atoms with Gasteiger partial charge in [-0.3, -0.25) is 14.5 Å². The van der Waals surface area contributed by atoms with Gasteiger partial charge < -0.3 is 19.3 Å². The molecule has 1 N–H and O–H groups in total. The number of carbonyl (C=O) groups is 2. The van der Waals surface area contributed by atoms with Crippen molar-refractivity contribution >= 4 is 34.7 Å². The van der Waals surface area contributed by atoms with Crippen molar-refractivity contribution in [3.63, 3.8) is 0 Å². The van der Waals surface area contributed by atoms with E-state index in [1.165, 1.54) is 25.2 Å². The highest BCUT2D eigenvalue weighted by molar-refractivity contribution is 6.51. The van der Waals surface area contributed by atoms with Gasteiger partial charge in [-0.05, 0) is 68.3 Å². The summed E-state index contributed by atoms with van der Waals surface area (Å²) in [5.74, 6) is -0.497. The van der Waals surface area contributed by atoms with E-state index in [1.54, 1.807) is 36.4 Å². The second kappa shape index (κ2) is 10.6. The fourth-order valence-electron chi connectivity index (χ4n) is 4.57. The maximum atomic E-state index is 13.5. The van der Waals surface area contributed by atoms with E-state index in [0.29, 0.717) is 35.1 Å². The van der Waals surface area contributed by atoms with Gasteiger partial charge in [0.15, 0.2) is 11.5 Å². The third-order valence-electron chi connectivity index (χ3n) is 6.28. The van der Waals surface area contributed by atoms with Crippen LogP contribution in [0.3, 0.4) is 0 Å². The molecule has 37 heavy (non-hydrogen) atoms. The first-order valence-electron chi connectivity index (χ1n) is 11.7. The van der Waals surface area contributed by atoms with Crippen LogP contribution < -0.4 is 19.1 Å². The van der Waals surface area contributed by atoms with Gasteiger partial charge in [0.25, 0.3) is 11.7 Å². The zero-order valence-corrected chi connectivity index (χ0v) is 22.1. The normalized spacial score (nSPS) is 16.7. The standard InChI is InChI=1S/C29H28ClNO6/c1-6-37-24-15-18(8-12-23(24)36-5)26-25(27(32)19-9-11-22(35-4)20(30)14-19)28(33)29(34)31(26)21-10-7-16(2)13-17(21)3/h7-15,26,32H,6H2,1-5H3/b27-25+. The first-order chi connectivity index (χ1) is 17.7. The first kappa shape index (κ1) is 26.1. The fraction of sp³-hybridized carbons (Fsp3) is 0.241. The second-order valence-corrected chi connectivity index (χ2v) is 9.06. The second-order valence-electron chi connectivity index (χ2n) is 8.65. The first-order valence-corrected chi connectivity index (χ1v) is 12.1. The van der Waals surface area contributed by atoms with Crippen molar-refractivity contribution in [2.45, 2.75) is 26.8 Å². The van der Waals surface area contributed by atoms with Crippen molar-refractivity contribution in [3.05, 3.63) is 87.4 Å². The number of anilines is 1. The molecule has 1 aliphatic heterocycles. The molecule has 0 aromatic heterocycles. The van der Waals surface area contributed by atoms with E-state index < -0.39 is 17.7 Å². The third-order valence-corrected chi connectivity index (χ3v) is 6.58. The number of amides is 1. The number of ketones is 1. The average Bonchev–Trinajstić information content (AvgIpc) is 3.14. The van der Waals surface area contributed by atoms with Crippen LogP contribution in [-0.2, 0) is 9.59 Å². The van der Waals surface area contributed by atoms with E-state index in [4.69, 9.17) is 25.8 Å². The van der Waals surface area contributed by atoms with Crippen LogP contribution in [0.2, 0.25) is 5.02 Å². The number of hydrogen-bond acceptors (Lipinski definition) is 6. The summed E-state index contributed by atoms with van der Waals surface area (Å²) >= 11 is 6.30. The largest absolute Gasteiger partial charge is 0.507 e. The summed E-state index contributed by atoms with van der Waals surface area (Å²) in [6, 6.07) is 14.6. The number of halogens is 1. The van der Waals surface area contributed by atoms with Crippen LogP contribution in [0, 0.1) is 13.8 Å². The lowest BCUT2D eigenvalue weighted by molar-refractivity contribution is -0.132. The predicted octanol–water partition coefficient (Wildman–Crippen LogP) is 6.00. The molecule has 1 saturated heterocycles. The Morgan fingerprint density at radius 1 is 0.946 bits per heavy atom. The number of methoxy groups -OCH3 is 2. The van der Waals surface area contributed by atoms with Gasteiger partial charge in [-0.1, -0.05) is 35.4 Å². The lowest BCUT2D eigenvalue weighted by atomic mass is 9.94. The van der Waals surface area contributed by atoms with Crippen LogP contribution in [-0.4, -0.2) is 37.6 Å². The van der Waals surface area contributed by atoms with Crippen molar-refractivity contribution in [1.82, 2.24) is 0 Å². The maximum Gasteiger partial charge on any atom is 0.300 e. The molecule has 0 aliphatic carbocycles. The van der Waals surface area contributed by atoms with E-state index in [9.17, 15) is 14.7 Å². The third kappa shape index (κ3) is 4.74. The molecule has 4 rings (SSSR count). The van der Waals surface area contributed by atoms with Crippen LogP contribution in [0.4, 0.5) is 5.69 Å². The van der Waals surface area contributed by atoms with Crippen molar-refractivity contribution < 1.29 is 28.9 Å². The molecule has 1 fully saturated rings. The number of aryl methyl sites for hydroxylation is 2. The summed E-state index contributed by atoms with van der Waals surface area (Å²) in [6.45, 7) is 6.07. The predicted molar refractivity (Wildman–Crippen MR) is 143 cm³/mol. The minimum absolute atomic E-state index is 0.0566. The summed E-state index contributed by atoms with van der Waals surface area (Å²) in [5.41, 5.74) is 3.21. The number of benzene rings is 3. The Morgan fingerprint density at radius 3 is 2.27 bits per heavy atom. The summed E-state index contributed by atoms with van der Waals surface area (Å²) in [6.07, 6.45) is 0. The van der Waals surface area contributed by atoms with Gasteiger partial charge in [0.2, 0.25) is 0 Å². The Kier molecular flexibility index (Phi) is 7.45. The molecule has 1 heterocycles. The van der Waals surface area contributed by atoms with Crippen molar-refractivity contribution in [2.75, 3.05) is 25.7 Å². The van der Waals surface area contributed by atoms with Gasteiger partial charge in [-0.2, -0.15) is 0 Å². The van der Waals surface area contributed by atoms with Crippen LogP contribution in [0.25, 0.3) is 5.76 Å². The van der Waals surface area contributed by atoms with Crippen molar-refractivity contribution in [3.8, 4) is 17.2 Å². The topological polar surface area (TPSA) is 85.3 Å². The Hall–Kier alpha value is -3.97. The molecule has 7 nitrogen and oxygen atoms in total. The van der Waals surface area contributed by atoms with E-state index in [2.05, 4.69) is 0 Å². The molecule has 1 aliphatic rings. The molecule has 3 aromatic rings. The Labute approximate surface area is 220 Å². The van der Waals surface area contributed by atoms with E-state index >= 15 is 0 Å². The molecule has 3 aromatic carbocycles.